The topological polar surface area (TPSA) is 93.2 Å². The SMILES string of the molecule is CCc1ccc(CNC(=O)CSc2nnc(C(=O)Nc3ccc(OC)cc3)s2)cc1. The fraction of sp³-hybridized carbons (Fsp3) is 0.238. The van der Waals surface area contributed by atoms with Crippen molar-refractivity contribution in [1.29, 1.82) is 0 Å². The van der Waals surface area contributed by atoms with Gasteiger partial charge in [-0.3, -0.25) is 9.59 Å². The maximum absolute atomic E-state index is 12.3. The molecule has 0 radical (unpaired) electrons. The number of thioether (sulfide) groups is 1. The first kappa shape index (κ1) is 21.8. The number of nitrogens with zero attached hydrogens (tertiary/aromatic N) is 2. The number of hydrogen-bond donors (Lipinski definition) is 2. The molecule has 2 aromatic carbocycles. The summed E-state index contributed by atoms with van der Waals surface area (Å²) in [5.41, 5.74) is 2.96. The molecule has 7 nitrogen and oxygen atoms in total. The largest absolute Gasteiger partial charge is 0.497 e. The highest BCUT2D eigenvalue weighted by atomic mass is 32.2. The molecule has 0 saturated carbocycles. The van der Waals surface area contributed by atoms with Crippen LogP contribution in [0.5, 0.6) is 5.75 Å². The van der Waals surface area contributed by atoms with Crippen molar-refractivity contribution in [3.05, 3.63) is 64.7 Å². The van der Waals surface area contributed by atoms with E-state index < -0.39 is 0 Å². The second-order valence-corrected chi connectivity index (χ2v) is 8.49. The third-order valence-electron chi connectivity index (χ3n) is 4.20. The third-order valence-corrected chi connectivity index (χ3v) is 6.25. The minimum absolute atomic E-state index is 0.0981. The molecule has 0 aliphatic rings. The Labute approximate surface area is 183 Å². The summed E-state index contributed by atoms with van der Waals surface area (Å²) in [5, 5.41) is 13.8. The highest BCUT2D eigenvalue weighted by Gasteiger charge is 2.14. The summed E-state index contributed by atoms with van der Waals surface area (Å²) in [5.74, 6) is 0.476. The second kappa shape index (κ2) is 10.7. The van der Waals surface area contributed by atoms with Crippen LogP contribution in [-0.4, -0.2) is 34.9 Å². The molecular weight excluding hydrogens is 420 g/mol. The van der Waals surface area contributed by atoms with Crippen molar-refractivity contribution in [2.24, 2.45) is 0 Å². The molecule has 0 saturated heterocycles. The van der Waals surface area contributed by atoms with E-state index in [1.165, 1.54) is 17.3 Å². The molecule has 0 fully saturated rings. The molecule has 2 amide bonds. The molecule has 0 spiro atoms. The van der Waals surface area contributed by atoms with E-state index in [1.54, 1.807) is 31.4 Å². The van der Waals surface area contributed by atoms with Crippen LogP contribution in [0.3, 0.4) is 0 Å². The number of ether oxygens (including phenoxy) is 1. The molecular formula is C21H22N4O3S2. The molecule has 3 aromatic rings. The Morgan fingerprint density at radius 2 is 1.73 bits per heavy atom. The Kier molecular flexibility index (Phi) is 7.81. The van der Waals surface area contributed by atoms with E-state index in [2.05, 4.69) is 39.9 Å². The van der Waals surface area contributed by atoms with Crippen LogP contribution < -0.4 is 15.4 Å². The van der Waals surface area contributed by atoms with E-state index in [4.69, 9.17) is 4.74 Å². The van der Waals surface area contributed by atoms with Gasteiger partial charge in [0.05, 0.1) is 12.9 Å². The van der Waals surface area contributed by atoms with Crippen molar-refractivity contribution < 1.29 is 14.3 Å². The van der Waals surface area contributed by atoms with E-state index in [9.17, 15) is 9.59 Å². The number of nitrogens with one attached hydrogen (secondary N) is 2. The van der Waals surface area contributed by atoms with Gasteiger partial charge in [-0.25, -0.2) is 0 Å². The molecule has 1 heterocycles. The number of aryl methyl sites for hydroxylation is 1. The Hall–Kier alpha value is -2.91. The number of hydrogen-bond acceptors (Lipinski definition) is 7. The van der Waals surface area contributed by atoms with Gasteiger partial charge in [0.25, 0.3) is 5.91 Å². The predicted octanol–water partition coefficient (Wildman–Crippen LogP) is 3.77. The molecule has 30 heavy (non-hydrogen) atoms. The van der Waals surface area contributed by atoms with E-state index in [0.717, 1.165) is 23.3 Å². The summed E-state index contributed by atoms with van der Waals surface area (Å²) in [6, 6.07) is 15.2. The standard InChI is InChI=1S/C21H22N4O3S2/c1-3-14-4-6-15(7-5-14)12-22-18(26)13-29-21-25-24-20(30-21)19(27)23-16-8-10-17(28-2)11-9-16/h4-11H,3,12-13H2,1-2H3,(H,22,26)(H,23,27). The fourth-order valence-electron chi connectivity index (χ4n) is 2.49. The third kappa shape index (κ3) is 6.30. The maximum Gasteiger partial charge on any atom is 0.286 e. The number of carbonyl (C=O) groups is 2. The van der Waals surface area contributed by atoms with Gasteiger partial charge < -0.3 is 15.4 Å². The average Bonchev–Trinajstić information content (AvgIpc) is 3.26. The summed E-state index contributed by atoms with van der Waals surface area (Å²) in [6.07, 6.45) is 0.991. The van der Waals surface area contributed by atoms with Crippen LogP contribution in [-0.2, 0) is 17.8 Å². The van der Waals surface area contributed by atoms with E-state index in [-0.39, 0.29) is 22.6 Å². The summed E-state index contributed by atoms with van der Waals surface area (Å²) in [4.78, 5) is 24.4. The van der Waals surface area contributed by atoms with Crippen molar-refractivity contribution in [1.82, 2.24) is 15.5 Å². The van der Waals surface area contributed by atoms with Crippen molar-refractivity contribution in [3.63, 3.8) is 0 Å². The minimum atomic E-state index is -0.343. The average molecular weight is 443 g/mol. The summed E-state index contributed by atoms with van der Waals surface area (Å²) < 4.78 is 5.66. The molecule has 0 bridgehead atoms. The zero-order chi connectivity index (χ0) is 21.3. The molecule has 1 aromatic heterocycles. The maximum atomic E-state index is 12.3. The van der Waals surface area contributed by atoms with Gasteiger partial charge >= 0.3 is 0 Å². The molecule has 0 aliphatic heterocycles. The van der Waals surface area contributed by atoms with Crippen LogP contribution in [0, 0.1) is 0 Å². The molecule has 0 atom stereocenters. The van der Waals surface area contributed by atoms with Crippen molar-refractivity contribution in [3.8, 4) is 5.75 Å². The normalized spacial score (nSPS) is 10.5. The predicted molar refractivity (Wildman–Crippen MR) is 119 cm³/mol. The number of benzene rings is 2. The number of rotatable bonds is 9. The molecule has 0 unspecified atom stereocenters. The summed E-state index contributed by atoms with van der Waals surface area (Å²) >= 11 is 2.41. The quantitative estimate of drug-likeness (QED) is 0.490. The van der Waals surface area contributed by atoms with Crippen LogP contribution in [0.2, 0.25) is 0 Å². The lowest BCUT2D eigenvalue weighted by Crippen LogP contribution is -2.24. The molecule has 9 heteroatoms. The Morgan fingerprint density at radius 1 is 1.03 bits per heavy atom. The minimum Gasteiger partial charge on any atom is -0.497 e. The van der Waals surface area contributed by atoms with Crippen molar-refractivity contribution in [2.45, 2.75) is 24.2 Å². The van der Waals surface area contributed by atoms with E-state index in [1.807, 2.05) is 12.1 Å². The van der Waals surface area contributed by atoms with Gasteiger partial charge in [-0.05, 0) is 41.8 Å². The van der Waals surface area contributed by atoms with Crippen molar-refractivity contribution >= 4 is 40.6 Å². The zero-order valence-electron chi connectivity index (χ0n) is 16.7. The van der Waals surface area contributed by atoms with Gasteiger partial charge in [-0.2, -0.15) is 0 Å². The van der Waals surface area contributed by atoms with Crippen LogP contribution >= 0.6 is 23.1 Å². The van der Waals surface area contributed by atoms with Crippen molar-refractivity contribution in [2.75, 3.05) is 18.2 Å². The van der Waals surface area contributed by atoms with Gasteiger partial charge in [0.2, 0.25) is 10.9 Å². The van der Waals surface area contributed by atoms with Crippen LogP contribution in [0.4, 0.5) is 5.69 Å². The van der Waals surface area contributed by atoms with Gasteiger partial charge in [0.1, 0.15) is 5.75 Å². The number of anilines is 1. The van der Waals surface area contributed by atoms with Crippen LogP contribution in [0.25, 0.3) is 0 Å². The van der Waals surface area contributed by atoms with E-state index in [0.29, 0.717) is 22.3 Å². The van der Waals surface area contributed by atoms with Crippen LogP contribution in [0.1, 0.15) is 27.9 Å². The van der Waals surface area contributed by atoms with Gasteiger partial charge in [0.15, 0.2) is 4.34 Å². The lowest BCUT2D eigenvalue weighted by molar-refractivity contribution is -0.118. The Balaban J connectivity index is 1.44. The Bertz CT molecular complexity index is 988. The molecule has 156 valence electrons. The summed E-state index contributed by atoms with van der Waals surface area (Å²) in [6.45, 7) is 2.59. The zero-order valence-corrected chi connectivity index (χ0v) is 18.3. The smallest absolute Gasteiger partial charge is 0.286 e. The first-order valence-electron chi connectivity index (χ1n) is 9.33. The first-order valence-corrected chi connectivity index (χ1v) is 11.1. The second-order valence-electron chi connectivity index (χ2n) is 6.29. The highest BCUT2D eigenvalue weighted by molar-refractivity contribution is 8.01. The van der Waals surface area contributed by atoms with Gasteiger partial charge in [0, 0.05) is 12.2 Å². The van der Waals surface area contributed by atoms with Crippen LogP contribution in [0.15, 0.2) is 52.9 Å². The molecule has 3 rings (SSSR count). The fourth-order valence-corrected chi connectivity index (χ4v) is 4.07. The number of methoxy groups -OCH3 is 1. The first-order chi connectivity index (χ1) is 14.6. The van der Waals surface area contributed by atoms with Gasteiger partial charge in [-0.1, -0.05) is 54.3 Å². The number of carbonyl (C=O) groups excluding carboxylic acids is 2. The van der Waals surface area contributed by atoms with Gasteiger partial charge in [-0.15, -0.1) is 10.2 Å². The molecule has 0 aliphatic carbocycles. The number of aromatic nitrogens is 2. The monoisotopic (exact) mass is 442 g/mol. The number of amides is 2. The highest BCUT2D eigenvalue weighted by Crippen LogP contribution is 2.23. The summed E-state index contributed by atoms with van der Waals surface area (Å²) in [7, 11) is 1.58. The molecule has 2 N–H and O–H groups in total. The lowest BCUT2D eigenvalue weighted by Gasteiger charge is -2.05. The van der Waals surface area contributed by atoms with E-state index >= 15 is 0 Å². The lowest BCUT2D eigenvalue weighted by atomic mass is 10.1. The Morgan fingerprint density at radius 3 is 2.40 bits per heavy atom.